The van der Waals surface area contributed by atoms with Crippen LogP contribution in [0.2, 0.25) is 0 Å². The Balaban J connectivity index is 2.75. The van der Waals surface area contributed by atoms with Gasteiger partial charge in [-0.2, -0.15) is 0 Å². The lowest BCUT2D eigenvalue weighted by Gasteiger charge is -2.25. The number of nitrogens with zero attached hydrogens (tertiary/aromatic N) is 2. The van der Waals surface area contributed by atoms with Crippen molar-refractivity contribution in [3.05, 3.63) is 22.3 Å². The van der Waals surface area contributed by atoms with Gasteiger partial charge in [0.1, 0.15) is 5.82 Å². The van der Waals surface area contributed by atoms with Gasteiger partial charge >= 0.3 is 0 Å². The number of rotatable bonds is 7. The smallest absolute Gasteiger partial charge is 0.132 e. The molecule has 0 unspecified atom stereocenters. The Bertz CT molecular complexity index is 444. The first-order valence-electron chi connectivity index (χ1n) is 7.41. The third-order valence-corrected chi connectivity index (χ3v) is 3.39. The molecule has 0 radical (unpaired) electrons. The fraction of sp³-hybridized carbons (Fsp3) is 0.688. The molecule has 0 fully saturated rings. The van der Waals surface area contributed by atoms with E-state index in [1.165, 1.54) is 5.56 Å². The molecule has 0 bridgehead atoms. The summed E-state index contributed by atoms with van der Waals surface area (Å²) in [6.45, 7) is 12.9. The molecule has 1 aromatic heterocycles. The van der Waals surface area contributed by atoms with Crippen LogP contribution in [-0.4, -0.2) is 36.8 Å². The third-order valence-electron chi connectivity index (χ3n) is 2.96. The molecule has 1 N–H and O–H groups in total. The fourth-order valence-corrected chi connectivity index (χ4v) is 2.22. The molecule has 0 saturated carbocycles. The highest BCUT2D eigenvalue weighted by atomic mass is 79.9. The van der Waals surface area contributed by atoms with E-state index in [0.29, 0.717) is 6.61 Å². The van der Waals surface area contributed by atoms with Gasteiger partial charge in [0.25, 0.3) is 0 Å². The van der Waals surface area contributed by atoms with E-state index in [9.17, 15) is 0 Å². The lowest BCUT2D eigenvalue weighted by molar-refractivity contribution is 0.0845. The first-order valence-corrected chi connectivity index (χ1v) is 8.20. The van der Waals surface area contributed by atoms with Crippen molar-refractivity contribution >= 4 is 21.7 Å². The Morgan fingerprint density at radius 1 is 1.38 bits per heavy atom. The monoisotopic (exact) mass is 357 g/mol. The first kappa shape index (κ1) is 18.4. The topological polar surface area (TPSA) is 37.4 Å². The lowest BCUT2D eigenvalue weighted by atomic mass is 10.1. The molecule has 120 valence electrons. The van der Waals surface area contributed by atoms with Crippen molar-refractivity contribution in [2.75, 3.05) is 25.1 Å². The molecule has 0 aromatic carbocycles. The van der Waals surface area contributed by atoms with Crippen LogP contribution < -0.4 is 10.2 Å². The number of nitrogens with one attached hydrogen (secondary N) is 1. The summed E-state index contributed by atoms with van der Waals surface area (Å²) < 4.78 is 6.62. The zero-order valence-corrected chi connectivity index (χ0v) is 15.6. The molecule has 1 aromatic rings. The largest absolute Gasteiger partial charge is 0.377 e. The predicted octanol–water partition coefficient (Wildman–Crippen LogP) is 3.59. The lowest BCUT2D eigenvalue weighted by Crippen LogP contribution is -2.36. The second-order valence-corrected chi connectivity index (χ2v) is 7.50. The average molecular weight is 358 g/mol. The van der Waals surface area contributed by atoms with Gasteiger partial charge in [0.05, 0.1) is 12.7 Å². The molecule has 0 saturated heterocycles. The second-order valence-electron chi connectivity index (χ2n) is 6.58. The van der Waals surface area contributed by atoms with Crippen LogP contribution in [0.3, 0.4) is 0 Å². The van der Waals surface area contributed by atoms with Crippen molar-refractivity contribution in [2.24, 2.45) is 0 Å². The molecule has 0 aliphatic rings. The minimum absolute atomic E-state index is 0.0823. The molecule has 5 heteroatoms. The van der Waals surface area contributed by atoms with E-state index < -0.39 is 0 Å². The number of pyridine rings is 1. The average Bonchev–Trinajstić information content (AvgIpc) is 2.35. The summed E-state index contributed by atoms with van der Waals surface area (Å²) in [7, 11) is 2.06. The maximum Gasteiger partial charge on any atom is 0.132 e. The molecule has 0 atom stereocenters. The maximum atomic E-state index is 5.62. The fourth-order valence-electron chi connectivity index (χ4n) is 1.84. The van der Waals surface area contributed by atoms with Crippen molar-refractivity contribution in [3.8, 4) is 0 Å². The van der Waals surface area contributed by atoms with Gasteiger partial charge in [-0.05, 0) is 56.6 Å². The highest BCUT2D eigenvalue weighted by molar-refractivity contribution is 9.10. The van der Waals surface area contributed by atoms with E-state index in [1.807, 2.05) is 6.20 Å². The van der Waals surface area contributed by atoms with Crippen LogP contribution in [0.4, 0.5) is 5.82 Å². The number of anilines is 1. The van der Waals surface area contributed by atoms with Gasteiger partial charge in [0, 0.05) is 41.9 Å². The molecule has 0 spiro atoms. The van der Waals surface area contributed by atoms with Gasteiger partial charge in [-0.15, -0.1) is 0 Å². The Labute approximate surface area is 137 Å². The zero-order chi connectivity index (χ0) is 16.0. The number of aromatic nitrogens is 1. The van der Waals surface area contributed by atoms with Crippen LogP contribution >= 0.6 is 15.9 Å². The van der Waals surface area contributed by atoms with Crippen molar-refractivity contribution in [2.45, 2.75) is 52.8 Å². The van der Waals surface area contributed by atoms with Crippen LogP contribution in [0.25, 0.3) is 0 Å². The molecule has 0 amide bonds. The quantitative estimate of drug-likeness (QED) is 0.808. The van der Waals surface area contributed by atoms with Crippen LogP contribution in [0.1, 0.15) is 40.2 Å². The number of halogens is 1. The van der Waals surface area contributed by atoms with Gasteiger partial charge in [0.15, 0.2) is 0 Å². The summed E-state index contributed by atoms with van der Waals surface area (Å²) in [4.78, 5) is 6.71. The van der Waals surface area contributed by atoms with E-state index in [4.69, 9.17) is 4.74 Å². The van der Waals surface area contributed by atoms with Crippen LogP contribution in [-0.2, 0) is 11.3 Å². The first-order chi connectivity index (χ1) is 9.69. The zero-order valence-electron chi connectivity index (χ0n) is 14.0. The van der Waals surface area contributed by atoms with Crippen molar-refractivity contribution < 1.29 is 4.74 Å². The molecule has 1 heterocycles. The minimum Gasteiger partial charge on any atom is -0.377 e. The van der Waals surface area contributed by atoms with Crippen LogP contribution in [0, 0.1) is 0 Å². The Kier molecular flexibility index (Phi) is 7.10. The van der Waals surface area contributed by atoms with E-state index in [1.54, 1.807) is 0 Å². The molecule has 4 nitrogen and oxygen atoms in total. The standard InChI is InChI=1S/C16H28BrN3O/c1-12(2)21-8-7-20(6)15-13(9-14(17)11-18-15)10-19-16(3,4)5/h9,11-12,19H,7-8,10H2,1-6H3. The predicted molar refractivity (Wildman–Crippen MR) is 92.9 cm³/mol. The highest BCUT2D eigenvalue weighted by Crippen LogP contribution is 2.21. The summed E-state index contributed by atoms with van der Waals surface area (Å²) in [6, 6.07) is 2.13. The molecule has 1 rings (SSSR count). The Morgan fingerprint density at radius 2 is 2.05 bits per heavy atom. The van der Waals surface area contributed by atoms with Gasteiger partial charge in [0.2, 0.25) is 0 Å². The van der Waals surface area contributed by atoms with Crippen molar-refractivity contribution in [3.63, 3.8) is 0 Å². The molecule has 0 aliphatic heterocycles. The second kappa shape index (κ2) is 8.11. The highest BCUT2D eigenvalue weighted by Gasteiger charge is 2.14. The maximum absolute atomic E-state index is 5.62. The Morgan fingerprint density at radius 3 is 2.62 bits per heavy atom. The van der Waals surface area contributed by atoms with E-state index >= 15 is 0 Å². The summed E-state index contributed by atoms with van der Waals surface area (Å²) in [5, 5.41) is 3.52. The normalized spacial score (nSPS) is 12.0. The van der Waals surface area contributed by atoms with E-state index in [2.05, 4.69) is 78.9 Å². The van der Waals surface area contributed by atoms with Crippen LogP contribution in [0.15, 0.2) is 16.7 Å². The number of ether oxygens (including phenoxy) is 1. The van der Waals surface area contributed by atoms with Gasteiger partial charge in [-0.25, -0.2) is 4.98 Å². The number of likely N-dealkylation sites (N-methyl/N-ethyl adjacent to an activating group) is 1. The van der Waals surface area contributed by atoms with Gasteiger partial charge in [-0.3, -0.25) is 0 Å². The van der Waals surface area contributed by atoms with Gasteiger partial charge in [-0.1, -0.05) is 0 Å². The summed E-state index contributed by atoms with van der Waals surface area (Å²) in [5.74, 6) is 1.00. The molecule has 0 aliphatic carbocycles. The van der Waals surface area contributed by atoms with Gasteiger partial charge < -0.3 is 15.0 Å². The third kappa shape index (κ3) is 7.25. The summed E-state index contributed by atoms with van der Waals surface area (Å²) in [5.41, 5.74) is 1.27. The van der Waals surface area contributed by atoms with Crippen LogP contribution in [0.5, 0.6) is 0 Å². The van der Waals surface area contributed by atoms with E-state index in [-0.39, 0.29) is 11.6 Å². The summed E-state index contributed by atoms with van der Waals surface area (Å²) in [6.07, 6.45) is 2.11. The van der Waals surface area contributed by atoms with Crippen molar-refractivity contribution in [1.29, 1.82) is 0 Å². The molecular weight excluding hydrogens is 330 g/mol. The van der Waals surface area contributed by atoms with Crippen molar-refractivity contribution in [1.82, 2.24) is 10.3 Å². The molecular formula is C16H28BrN3O. The van der Waals surface area contributed by atoms with E-state index in [0.717, 1.165) is 23.4 Å². The Hall–Kier alpha value is -0.650. The molecule has 21 heavy (non-hydrogen) atoms. The minimum atomic E-state index is 0.0823. The summed E-state index contributed by atoms with van der Waals surface area (Å²) >= 11 is 3.50. The number of hydrogen-bond acceptors (Lipinski definition) is 4. The SMILES string of the molecule is CC(C)OCCN(C)c1ncc(Br)cc1CNC(C)(C)C. The number of hydrogen-bond donors (Lipinski definition) is 1.